The Morgan fingerprint density at radius 3 is 2.65 bits per heavy atom. The van der Waals surface area contributed by atoms with Crippen LogP contribution in [0, 0.1) is 0 Å². The highest BCUT2D eigenvalue weighted by molar-refractivity contribution is 5.93. The molecular weight excluding hydrogens is 338 g/mol. The molecule has 0 saturated carbocycles. The number of amides is 1. The molecule has 2 N–H and O–H groups in total. The number of carbonyl (C=O) groups excluding carboxylic acids is 1. The van der Waals surface area contributed by atoms with Crippen molar-refractivity contribution in [3.63, 3.8) is 0 Å². The van der Waals surface area contributed by atoms with Crippen LogP contribution in [-0.4, -0.2) is 48.5 Å². The number of hydrogen-bond donors (Lipinski definition) is 2. The van der Waals surface area contributed by atoms with E-state index in [1.807, 2.05) is 6.92 Å². The molecule has 1 aliphatic heterocycles. The molecule has 0 bridgehead atoms. The van der Waals surface area contributed by atoms with Crippen molar-refractivity contribution in [2.75, 3.05) is 26.9 Å². The average molecular weight is 359 g/mol. The van der Waals surface area contributed by atoms with Crippen LogP contribution >= 0.6 is 0 Å². The van der Waals surface area contributed by atoms with Crippen molar-refractivity contribution in [1.82, 2.24) is 15.3 Å². The van der Waals surface area contributed by atoms with E-state index in [2.05, 4.69) is 15.3 Å². The van der Waals surface area contributed by atoms with Crippen molar-refractivity contribution in [1.29, 1.82) is 0 Å². The molecule has 0 unspecified atom stereocenters. The minimum Gasteiger partial charge on any atom is -0.497 e. The van der Waals surface area contributed by atoms with Gasteiger partial charge in [0.05, 0.1) is 26.0 Å². The zero-order valence-electron chi connectivity index (χ0n) is 14.7. The lowest BCUT2D eigenvalue weighted by Crippen LogP contribution is -2.34. The van der Waals surface area contributed by atoms with Gasteiger partial charge in [-0.1, -0.05) is 0 Å². The predicted molar refractivity (Wildman–Crippen MR) is 94.1 cm³/mol. The molecule has 0 spiro atoms. The van der Waals surface area contributed by atoms with Gasteiger partial charge in [0.1, 0.15) is 11.4 Å². The van der Waals surface area contributed by atoms with Gasteiger partial charge >= 0.3 is 5.69 Å². The lowest BCUT2D eigenvalue weighted by Gasteiger charge is -2.22. The number of hydrogen-bond acceptors (Lipinski definition) is 6. The van der Waals surface area contributed by atoms with E-state index in [1.165, 1.54) is 0 Å². The first-order valence-electron chi connectivity index (χ1n) is 8.31. The second-order valence-corrected chi connectivity index (χ2v) is 6.05. The number of methoxy groups -OCH3 is 1. The summed E-state index contributed by atoms with van der Waals surface area (Å²) in [7, 11) is 1.57. The van der Waals surface area contributed by atoms with E-state index in [4.69, 9.17) is 14.2 Å². The Morgan fingerprint density at radius 2 is 2.00 bits per heavy atom. The molecule has 1 amide bonds. The van der Waals surface area contributed by atoms with E-state index in [0.717, 1.165) is 0 Å². The maximum absolute atomic E-state index is 12.3. The first kappa shape index (κ1) is 18.1. The number of rotatable bonds is 6. The van der Waals surface area contributed by atoms with Crippen LogP contribution in [0.5, 0.6) is 5.75 Å². The van der Waals surface area contributed by atoms with E-state index in [1.54, 1.807) is 37.4 Å². The molecule has 26 heavy (non-hydrogen) atoms. The number of ether oxygens (including phenoxy) is 3. The van der Waals surface area contributed by atoms with E-state index >= 15 is 0 Å². The first-order valence-corrected chi connectivity index (χ1v) is 8.31. The van der Waals surface area contributed by atoms with Gasteiger partial charge in [-0.05, 0) is 37.3 Å². The number of nitrogens with zero attached hydrogens (tertiary/aromatic N) is 1. The van der Waals surface area contributed by atoms with Crippen LogP contribution in [-0.2, 0) is 9.47 Å². The monoisotopic (exact) mass is 359 g/mol. The number of H-pyrrole nitrogens is 1. The van der Waals surface area contributed by atoms with Crippen molar-refractivity contribution in [3.05, 3.63) is 46.5 Å². The summed E-state index contributed by atoms with van der Waals surface area (Å²) in [4.78, 5) is 30.6. The fourth-order valence-electron chi connectivity index (χ4n) is 2.69. The molecule has 1 aliphatic rings. The topological polar surface area (TPSA) is 103 Å². The van der Waals surface area contributed by atoms with Gasteiger partial charge in [0, 0.05) is 18.5 Å². The summed E-state index contributed by atoms with van der Waals surface area (Å²) >= 11 is 0. The maximum Gasteiger partial charge on any atom is 0.346 e. The Kier molecular flexibility index (Phi) is 5.34. The third-order valence-electron chi connectivity index (χ3n) is 4.14. The van der Waals surface area contributed by atoms with Crippen LogP contribution in [0.2, 0.25) is 0 Å². The van der Waals surface area contributed by atoms with Gasteiger partial charge in [0.25, 0.3) is 5.91 Å². The predicted octanol–water partition coefficient (Wildman–Crippen LogP) is 1.33. The van der Waals surface area contributed by atoms with Gasteiger partial charge in [0.15, 0.2) is 5.79 Å². The SMILES string of the molecule is COc1ccc(-c2cc(C(=O)NCCC3(C)OCCO3)[nH]c(=O)n2)cc1. The Hall–Kier alpha value is -2.71. The zero-order chi connectivity index (χ0) is 18.6. The van der Waals surface area contributed by atoms with Crippen molar-refractivity contribution in [2.45, 2.75) is 19.1 Å². The molecule has 1 saturated heterocycles. The summed E-state index contributed by atoms with van der Waals surface area (Å²) in [5, 5.41) is 2.76. The molecule has 1 aromatic carbocycles. The summed E-state index contributed by atoms with van der Waals surface area (Å²) < 4.78 is 16.1. The van der Waals surface area contributed by atoms with Gasteiger partial charge in [-0.15, -0.1) is 0 Å². The highest BCUT2D eigenvalue weighted by Gasteiger charge is 2.30. The molecule has 8 nitrogen and oxygen atoms in total. The fraction of sp³-hybridized carbons (Fsp3) is 0.389. The molecule has 2 aromatic rings. The van der Waals surface area contributed by atoms with Crippen LogP contribution in [0.25, 0.3) is 11.3 Å². The smallest absolute Gasteiger partial charge is 0.346 e. The number of benzene rings is 1. The molecule has 0 aliphatic carbocycles. The van der Waals surface area contributed by atoms with Gasteiger partial charge in [-0.2, -0.15) is 4.98 Å². The highest BCUT2D eigenvalue weighted by atomic mass is 16.7. The van der Waals surface area contributed by atoms with Crippen molar-refractivity contribution >= 4 is 5.91 Å². The number of aromatic amines is 1. The van der Waals surface area contributed by atoms with Gasteiger partial charge in [-0.3, -0.25) is 4.79 Å². The standard InChI is InChI=1S/C18H21N3O5/c1-18(25-9-10-26-18)7-8-19-16(22)15-11-14(20-17(23)21-15)12-3-5-13(24-2)6-4-12/h3-6,11H,7-10H2,1-2H3,(H,19,22)(H,20,21,23). The molecule has 1 aromatic heterocycles. The summed E-state index contributed by atoms with van der Waals surface area (Å²) in [6.07, 6.45) is 0.513. The van der Waals surface area contributed by atoms with Gasteiger partial charge in [-0.25, -0.2) is 4.79 Å². The highest BCUT2D eigenvalue weighted by Crippen LogP contribution is 2.22. The Morgan fingerprint density at radius 1 is 1.31 bits per heavy atom. The molecule has 3 rings (SSSR count). The summed E-state index contributed by atoms with van der Waals surface area (Å²) in [6, 6.07) is 8.62. The third kappa shape index (κ3) is 4.27. The van der Waals surface area contributed by atoms with Gasteiger partial charge in [0.2, 0.25) is 0 Å². The van der Waals surface area contributed by atoms with Crippen molar-refractivity contribution in [2.24, 2.45) is 0 Å². The van der Waals surface area contributed by atoms with Crippen LogP contribution in [0.4, 0.5) is 0 Å². The molecule has 138 valence electrons. The molecule has 1 fully saturated rings. The molecule has 8 heteroatoms. The second-order valence-electron chi connectivity index (χ2n) is 6.05. The van der Waals surface area contributed by atoms with Crippen molar-refractivity contribution in [3.8, 4) is 17.0 Å². The maximum atomic E-state index is 12.3. The van der Waals surface area contributed by atoms with E-state index in [0.29, 0.717) is 43.2 Å². The summed E-state index contributed by atoms with van der Waals surface area (Å²) in [6.45, 7) is 3.29. The van der Waals surface area contributed by atoms with Crippen LogP contribution in [0.1, 0.15) is 23.8 Å². The first-order chi connectivity index (χ1) is 12.5. The third-order valence-corrected chi connectivity index (χ3v) is 4.14. The lowest BCUT2D eigenvalue weighted by molar-refractivity contribution is -0.145. The minimum atomic E-state index is -0.673. The number of aromatic nitrogens is 2. The van der Waals surface area contributed by atoms with E-state index in [9.17, 15) is 9.59 Å². The average Bonchev–Trinajstić information content (AvgIpc) is 3.07. The van der Waals surface area contributed by atoms with Crippen LogP contribution in [0.3, 0.4) is 0 Å². The van der Waals surface area contributed by atoms with Crippen LogP contribution in [0.15, 0.2) is 35.1 Å². The lowest BCUT2D eigenvalue weighted by atomic mass is 10.1. The summed E-state index contributed by atoms with van der Waals surface area (Å²) in [5.41, 5.74) is 0.689. The Labute approximate surface area is 150 Å². The molecule has 0 atom stereocenters. The normalized spacial score (nSPS) is 15.6. The quantitative estimate of drug-likeness (QED) is 0.807. The zero-order valence-corrected chi connectivity index (χ0v) is 14.7. The largest absolute Gasteiger partial charge is 0.497 e. The van der Waals surface area contributed by atoms with E-state index < -0.39 is 11.5 Å². The number of carbonyl (C=O) groups is 1. The Bertz CT molecular complexity index is 825. The molecular formula is C18H21N3O5. The number of nitrogens with one attached hydrogen (secondary N) is 2. The van der Waals surface area contributed by atoms with Crippen LogP contribution < -0.4 is 15.7 Å². The van der Waals surface area contributed by atoms with Gasteiger partial charge < -0.3 is 24.5 Å². The minimum absolute atomic E-state index is 0.147. The Balaban J connectivity index is 1.70. The molecule has 2 heterocycles. The fourth-order valence-corrected chi connectivity index (χ4v) is 2.69. The molecule has 0 radical (unpaired) electrons. The summed E-state index contributed by atoms with van der Waals surface area (Å²) in [5.74, 6) is -0.366. The van der Waals surface area contributed by atoms with E-state index in [-0.39, 0.29) is 11.6 Å². The van der Waals surface area contributed by atoms with Crippen molar-refractivity contribution < 1.29 is 19.0 Å². The second kappa shape index (κ2) is 7.67.